The zero-order chi connectivity index (χ0) is 16.6. The van der Waals surface area contributed by atoms with E-state index in [9.17, 15) is 22.8 Å². The van der Waals surface area contributed by atoms with E-state index < -0.39 is 29.3 Å². The Morgan fingerprint density at radius 1 is 1.18 bits per heavy atom. The fourth-order valence-electron chi connectivity index (χ4n) is 1.87. The predicted octanol–water partition coefficient (Wildman–Crippen LogP) is 2.87. The van der Waals surface area contributed by atoms with Crippen molar-refractivity contribution in [3.63, 3.8) is 0 Å². The van der Waals surface area contributed by atoms with E-state index in [4.69, 9.17) is 5.11 Å². The molecule has 0 saturated carbocycles. The van der Waals surface area contributed by atoms with Crippen LogP contribution < -0.4 is 5.32 Å². The minimum Gasteiger partial charge on any atom is -0.481 e. The van der Waals surface area contributed by atoms with E-state index in [1.807, 2.05) is 0 Å². The number of hydrogen-bond acceptors (Lipinski definition) is 3. The Balaban J connectivity index is 2.39. The highest BCUT2D eigenvalue weighted by molar-refractivity contribution is 5.95. The molecule has 8 heteroatoms. The third kappa shape index (κ3) is 6.11. The molecule has 0 radical (unpaired) electrons. The summed E-state index contributed by atoms with van der Waals surface area (Å²) >= 11 is 0. The molecule has 1 rings (SSSR count). The van der Waals surface area contributed by atoms with Crippen molar-refractivity contribution in [3.05, 3.63) is 29.6 Å². The highest BCUT2D eigenvalue weighted by Gasteiger charge is 2.36. The molecule has 0 aliphatic carbocycles. The minimum atomic E-state index is -4.68. The van der Waals surface area contributed by atoms with E-state index in [1.54, 1.807) is 0 Å². The summed E-state index contributed by atoms with van der Waals surface area (Å²) < 4.78 is 38.1. The summed E-state index contributed by atoms with van der Waals surface area (Å²) in [4.78, 5) is 25.3. The molecule has 1 aromatic rings. The van der Waals surface area contributed by atoms with Gasteiger partial charge < -0.3 is 10.4 Å². The number of aromatic nitrogens is 1. The van der Waals surface area contributed by atoms with Gasteiger partial charge in [-0.3, -0.25) is 14.6 Å². The summed E-state index contributed by atoms with van der Waals surface area (Å²) in [7, 11) is 0. The average molecular weight is 318 g/mol. The second-order valence-corrected chi connectivity index (χ2v) is 4.71. The van der Waals surface area contributed by atoms with Crippen LogP contribution in [0.3, 0.4) is 0 Å². The van der Waals surface area contributed by atoms with Gasteiger partial charge in [0, 0.05) is 19.2 Å². The molecule has 0 spiro atoms. The number of nitrogens with one attached hydrogen (secondary N) is 1. The largest absolute Gasteiger partial charge is 0.481 e. The summed E-state index contributed by atoms with van der Waals surface area (Å²) in [5.74, 6) is -1.67. The number of aliphatic carboxylic acids is 1. The highest BCUT2D eigenvalue weighted by Crippen LogP contribution is 2.29. The number of carboxylic acid groups (broad SMARTS) is 1. The van der Waals surface area contributed by atoms with Crippen LogP contribution >= 0.6 is 0 Å². The van der Waals surface area contributed by atoms with Crippen LogP contribution in [0.4, 0.5) is 13.2 Å². The van der Waals surface area contributed by atoms with Gasteiger partial charge in [0.25, 0.3) is 5.91 Å². The van der Waals surface area contributed by atoms with Gasteiger partial charge in [-0.15, -0.1) is 0 Å². The molecule has 0 saturated heterocycles. The molecule has 0 aliphatic heterocycles. The lowest BCUT2D eigenvalue weighted by molar-refractivity contribution is -0.141. The normalized spacial score (nSPS) is 11.2. The molecule has 1 heterocycles. The van der Waals surface area contributed by atoms with Crippen molar-refractivity contribution in [1.29, 1.82) is 0 Å². The molecule has 0 unspecified atom stereocenters. The Morgan fingerprint density at radius 2 is 1.86 bits per heavy atom. The highest BCUT2D eigenvalue weighted by atomic mass is 19.4. The van der Waals surface area contributed by atoms with Crippen LogP contribution in [0.15, 0.2) is 18.3 Å². The Bertz CT molecular complexity index is 518. The van der Waals surface area contributed by atoms with Crippen molar-refractivity contribution in [3.8, 4) is 0 Å². The third-order valence-electron chi connectivity index (χ3n) is 2.92. The molecule has 2 N–H and O–H groups in total. The van der Waals surface area contributed by atoms with E-state index >= 15 is 0 Å². The van der Waals surface area contributed by atoms with Crippen molar-refractivity contribution < 1.29 is 27.9 Å². The third-order valence-corrected chi connectivity index (χ3v) is 2.92. The van der Waals surface area contributed by atoms with Gasteiger partial charge in [-0.25, -0.2) is 0 Å². The monoisotopic (exact) mass is 318 g/mol. The maximum absolute atomic E-state index is 12.7. The van der Waals surface area contributed by atoms with Crippen LogP contribution in [0.5, 0.6) is 0 Å². The first kappa shape index (κ1) is 17.9. The standard InChI is InChI=1S/C14H17F3N2O3/c15-14(16,17)12-10(6-5-9-18-12)13(22)19-8-4-2-1-3-7-11(20)21/h5-6,9H,1-4,7-8H2,(H,19,22)(H,20,21). The number of rotatable bonds is 8. The number of amides is 1. The molecule has 0 fully saturated rings. The van der Waals surface area contributed by atoms with Gasteiger partial charge in [0.05, 0.1) is 5.56 Å². The van der Waals surface area contributed by atoms with Crippen molar-refractivity contribution in [2.24, 2.45) is 0 Å². The van der Waals surface area contributed by atoms with Gasteiger partial charge in [0.15, 0.2) is 5.69 Å². The van der Waals surface area contributed by atoms with Gasteiger partial charge in [-0.1, -0.05) is 12.8 Å². The first-order chi connectivity index (χ1) is 10.3. The predicted molar refractivity (Wildman–Crippen MR) is 72.3 cm³/mol. The van der Waals surface area contributed by atoms with Gasteiger partial charge in [0.1, 0.15) is 0 Å². The number of halogens is 3. The Labute approximate surface area is 125 Å². The van der Waals surface area contributed by atoms with E-state index in [2.05, 4.69) is 10.3 Å². The fraction of sp³-hybridized carbons (Fsp3) is 0.500. The van der Waals surface area contributed by atoms with E-state index in [0.29, 0.717) is 25.7 Å². The first-order valence-corrected chi connectivity index (χ1v) is 6.84. The lowest BCUT2D eigenvalue weighted by atomic mass is 10.1. The van der Waals surface area contributed by atoms with E-state index in [1.165, 1.54) is 6.07 Å². The van der Waals surface area contributed by atoms with Crippen LogP contribution in [-0.4, -0.2) is 28.5 Å². The number of unbranched alkanes of at least 4 members (excludes halogenated alkanes) is 3. The average Bonchev–Trinajstić information content (AvgIpc) is 2.44. The van der Waals surface area contributed by atoms with E-state index in [0.717, 1.165) is 12.3 Å². The summed E-state index contributed by atoms with van der Waals surface area (Å²) in [5, 5.41) is 10.9. The number of carbonyl (C=O) groups excluding carboxylic acids is 1. The first-order valence-electron chi connectivity index (χ1n) is 6.84. The topological polar surface area (TPSA) is 79.3 Å². The van der Waals surface area contributed by atoms with Gasteiger partial charge >= 0.3 is 12.1 Å². The van der Waals surface area contributed by atoms with Crippen LogP contribution in [0.1, 0.15) is 48.2 Å². The summed E-state index contributed by atoms with van der Waals surface area (Å²) in [6, 6.07) is 2.36. The SMILES string of the molecule is O=C(O)CCCCCCNC(=O)c1cccnc1C(F)(F)F. The lowest BCUT2D eigenvalue weighted by Gasteiger charge is -2.11. The zero-order valence-corrected chi connectivity index (χ0v) is 11.8. The fourth-order valence-corrected chi connectivity index (χ4v) is 1.87. The Kier molecular flexibility index (Phi) is 6.81. The molecule has 0 bridgehead atoms. The van der Waals surface area contributed by atoms with Crippen molar-refractivity contribution in [1.82, 2.24) is 10.3 Å². The quantitative estimate of drug-likeness (QED) is 0.722. The molecule has 5 nitrogen and oxygen atoms in total. The summed E-state index contributed by atoms with van der Waals surface area (Å²) in [6.07, 6.45) is -1.07. The zero-order valence-electron chi connectivity index (χ0n) is 11.8. The molecule has 122 valence electrons. The number of nitrogens with zero attached hydrogens (tertiary/aromatic N) is 1. The van der Waals surface area contributed by atoms with Crippen LogP contribution in [-0.2, 0) is 11.0 Å². The molecule has 1 amide bonds. The number of carbonyl (C=O) groups is 2. The maximum Gasteiger partial charge on any atom is 0.434 e. The van der Waals surface area contributed by atoms with Crippen molar-refractivity contribution in [2.45, 2.75) is 38.3 Å². The Hall–Kier alpha value is -2.12. The maximum atomic E-state index is 12.7. The van der Waals surface area contributed by atoms with Crippen LogP contribution in [0.25, 0.3) is 0 Å². The number of hydrogen-bond donors (Lipinski definition) is 2. The van der Waals surface area contributed by atoms with Gasteiger partial charge in [0.2, 0.25) is 0 Å². The van der Waals surface area contributed by atoms with Gasteiger partial charge in [-0.05, 0) is 25.0 Å². The molecule has 0 atom stereocenters. The summed E-state index contributed by atoms with van der Waals surface area (Å²) in [6.45, 7) is 0.234. The van der Waals surface area contributed by atoms with Crippen LogP contribution in [0.2, 0.25) is 0 Å². The second kappa shape index (κ2) is 8.35. The summed E-state index contributed by atoms with van der Waals surface area (Å²) in [5.41, 5.74) is -1.70. The van der Waals surface area contributed by atoms with Crippen LogP contribution in [0, 0.1) is 0 Å². The Morgan fingerprint density at radius 3 is 2.50 bits per heavy atom. The number of alkyl halides is 3. The smallest absolute Gasteiger partial charge is 0.434 e. The molecule has 1 aromatic heterocycles. The molecular weight excluding hydrogens is 301 g/mol. The molecule has 22 heavy (non-hydrogen) atoms. The minimum absolute atomic E-state index is 0.0942. The van der Waals surface area contributed by atoms with Crippen molar-refractivity contribution >= 4 is 11.9 Å². The van der Waals surface area contributed by atoms with E-state index in [-0.39, 0.29) is 13.0 Å². The van der Waals surface area contributed by atoms with Gasteiger partial charge in [-0.2, -0.15) is 13.2 Å². The molecular formula is C14H17F3N2O3. The lowest BCUT2D eigenvalue weighted by Crippen LogP contribution is -2.27. The van der Waals surface area contributed by atoms with Crippen molar-refractivity contribution in [2.75, 3.05) is 6.54 Å². The second-order valence-electron chi connectivity index (χ2n) is 4.71. The molecule has 0 aliphatic rings. The number of carboxylic acids is 1. The number of pyridine rings is 1. The molecule has 0 aromatic carbocycles.